The molecule has 54 valence electrons. The van der Waals surface area contributed by atoms with Crippen molar-refractivity contribution in [1.29, 1.82) is 0 Å². The Morgan fingerprint density at radius 1 is 1.60 bits per heavy atom. The van der Waals surface area contributed by atoms with E-state index >= 15 is 0 Å². The van der Waals surface area contributed by atoms with Crippen LogP contribution in [0.3, 0.4) is 0 Å². The molecular weight excluding hydrogens is 197 g/mol. The molecule has 0 saturated carbocycles. The number of nitrogens with zero attached hydrogens (tertiary/aromatic N) is 1. The first-order valence-electron chi connectivity index (χ1n) is 2.15. The Labute approximate surface area is 70.4 Å². The van der Waals surface area contributed by atoms with Gasteiger partial charge in [0.05, 0.1) is 11.0 Å². The van der Waals surface area contributed by atoms with E-state index < -0.39 is 5.97 Å². The molecule has 0 amide bonds. The highest BCUT2D eigenvalue weighted by Crippen LogP contribution is 2.28. The Hall–Kier alpha value is -0.320. The fourth-order valence-electron chi connectivity index (χ4n) is 0.386. The third-order valence-corrected chi connectivity index (χ3v) is 2.40. The normalized spacial score (nSPS) is 9.80. The third-order valence-electron chi connectivity index (χ3n) is 0.791. The quantitative estimate of drug-likeness (QED) is 0.669. The van der Waals surface area contributed by atoms with Crippen molar-refractivity contribution in [2.45, 2.75) is 0 Å². The third kappa shape index (κ3) is 1.23. The van der Waals surface area contributed by atoms with Crippen LogP contribution >= 0.6 is 34.7 Å². The molecule has 0 unspecified atom stereocenters. The predicted molar refractivity (Wildman–Crippen MR) is 36.5 cm³/mol. The predicted octanol–water partition coefficient (Wildman–Crippen LogP) is 0.813. The summed E-state index contributed by atoms with van der Waals surface area (Å²) in [4.78, 5) is 10.1. The van der Waals surface area contributed by atoms with Gasteiger partial charge in [0.1, 0.15) is 10.0 Å². The summed E-state index contributed by atoms with van der Waals surface area (Å²) in [5.74, 6) is -1.41. The molecule has 0 N–H and O–H groups in total. The standard InChI is InChI=1S/C4HCl2NO2S/c5-1-2(4(8)9)7-10-3(1)6/h(H,8,9)/p-1. The Morgan fingerprint density at radius 2 is 2.20 bits per heavy atom. The number of halogens is 2. The molecule has 1 aromatic heterocycles. The van der Waals surface area contributed by atoms with E-state index in [4.69, 9.17) is 23.2 Å². The summed E-state index contributed by atoms with van der Waals surface area (Å²) in [5, 5.41) is 10.1. The molecule has 0 radical (unpaired) electrons. The van der Waals surface area contributed by atoms with Gasteiger partial charge in [-0.3, -0.25) is 0 Å². The number of rotatable bonds is 1. The van der Waals surface area contributed by atoms with Crippen molar-refractivity contribution in [2.75, 3.05) is 0 Å². The SMILES string of the molecule is O=C([O-])c1nsc(Cl)c1Cl. The van der Waals surface area contributed by atoms with Gasteiger partial charge >= 0.3 is 0 Å². The molecule has 10 heavy (non-hydrogen) atoms. The van der Waals surface area contributed by atoms with Crippen LogP contribution in [-0.2, 0) is 0 Å². The van der Waals surface area contributed by atoms with Crippen LogP contribution in [0, 0.1) is 0 Å². The zero-order valence-corrected chi connectivity index (χ0v) is 6.76. The lowest BCUT2D eigenvalue weighted by atomic mass is 10.4. The van der Waals surface area contributed by atoms with Gasteiger partial charge in [-0.05, 0) is 11.5 Å². The summed E-state index contributed by atoms with van der Waals surface area (Å²) in [6.07, 6.45) is 0. The molecule has 0 atom stereocenters. The van der Waals surface area contributed by atoms with Crippen LogP contribution in [0.2, 0.25) is 9.36 Å². The van der Waals surface area contributed by atoms with Gasteiger partial charge in [-0.15, -0.1) is 0 Å². The number of carbonyl (C=O) groups is 1. The first-order chi connectivity index (χ1) is 4.63. The summed E-state index contributed by atoms with van der Waals surface area (Å²) in [5.41, 5.74) is -0.295. The maximum Gasteiger partial charge on any atom is 0.133 e. The van der Waals surface area contributed by atoms with Gasteiger partial charge in [0.2, 0.25) is 0 Å². The second-order valence-electron chi connectivity index (χ2n) is 1.41. The summed E-state index contributed by atoms with van der Waals surface area (Å²) in [7, 11) is 0. The van der Waals surface area contributed by atoms with E-state index in [-0.39, 0.29) is 15.1 Å². The highest BCUT2D eigenvalue weighted by molar-refractivity contribution is 7.11. The number of carbonyl (C=O) groups excluding carboxylic acids is 1. The first-order valence-corrected chi connectivity index (χ1v) is 3.68. The number of hydrogen-bond acceptors (Lipinski definition) is 4. The molecule has 6 heteroatoms. The van der Waals surface area contributed by atoms with Gasteiger partial charge in [0.15, 0.2) is 0 Å². The van der Waals surface area contributed by atoms with Crippen molar-refractivity contribution >= 4 is 40.7 Å². The van der Waals surface area contributed by atoms with Gasteiger partial charge in [0.25, 0.3) is 0 Å². The van der Waals surface area contributed by atoms with Crippen molar-refractivity contribution in [3.63, 3.8) is 0 Å². The number of aromatic carboxylic acids is 1. The zero-order chi connectivity index (χ0) is 7.72. The lowest BCUT2D eigenvalue weighted by Gasteiger charge is -1.94. The number of aromatic nitrogens is 1. The first kappa shape index (κ1) is 7.78. The topological polar surface area (TPSA) is 53.0 Å². The lowest BCUT2D eigenvalue weighted by Crippen LogP contribution is -2.22. The molecule has 0 saturated heterocycles. The summed E-state index contributed by atoms with van der Waals surface area (Å²) < 4.78 is 3.60. The van der Waals surface area contributed by atoms with Crippen molar-refractivity contribution in [3.8, 4) is 0 Å². The van der Waals surface area contributed by atoms with E-state index in [1.165, 1.54) is 0 Å². The average molecular weight is 197 g/mol. The molecule has 0 aliphatic rings. The van der Waals surface area contributed by atoms with Crippen LogP contribution in [0.1, 0.15) is 10.5 Å². The molecule has 0 bridgehead atoms. The summed E-state index contributed by atoms with van der Waals surface area (Å²) >= 11 is 11.6. The lowest BCUT2D eigenvalue weighted by molar-refractivity contribution is -0.255. The maximum absolute atomic E-state index is 10.1. The molecule has 0 aliphatic heterocycles. The zero-order valence-electron chi connectivity index (χ0n) is 4.43. The van der Waals surface area contributed by atoms with E-state index in [1.807, 2.05) is 0 Å². The monoisotopic (exact) mass is 196 g/mol. The van der Waals surface area contributed by atoms with Crippen molar-refractivity contribution in [3.05, 3.63) is 15.1 Å². The van der Waals surface area contributed by atoms with Crippen molar-refractivity contribution < 1.29 is 9.90 Å². The van der Waals surface area contributed by atoms with Crippen LogP contribution in [0.5, 0.6) is 0 Å². The minimum absolute atomic E-state index is 0.0494. The van der Waals surface area contributed by atoms with E-state index in [9.17, 15) is 9.90 Å². The Balaban J connectivity index is 3.17. The highest BCUT2D eigenvalue weighted by atomic mass is 35.5. The van der Waals surface area contributed by atoms with Gasteiger partial charge in [-0.2, -0.15) is 4.37 Å². The fraction of sp³-hybridized carbons (Fsp3) is 0. The number of carboxylic acids is 1. The van der Waals surface area contributed by atoms with Crippen LogP contribution in [0.25, 0.3) is 0 Å². The molecule has 1 heterocycles. The van der Waals surface area contributed by atoms with Crippen molar-refractivity contribution in [1.82, 2.24) is 4.37 Å². The van der Waals surface area contributed by atoms with E-state index in [2.05, 4.69) is 4.37 Å². The Morgan fingerprint density at radius 3 is 2.40 bits per heavy atom. The fourth-order valence-corrected chi connectivity index (χ4v) is 1.37. The van der Waals surface area contributed by atoms with Crippen LogP contribution in [0.15, 0.2) is 0 Å². The second kappa shape index (κ2) is 2.74. The Kier molecular flexibility index (Phi) is 2.13. The smallest absolute Gasteiger partial charge is 0.133 e. The molecule has 0 spiro atoms. The number of carboxylic acid groups (broad SMARTS) is 1. The van der Waals surface area contributed by atoms with Crippen molar-refractivity contribution in [2.24, 2.45) is 0 Å². The van der Waals surface area contributed by atoms with Gasteiger partial charge < -0.3 is 9.90 Å². The molecule has 1 aromatic rings. The summed E-state index contributed by atoms with van der Waals surface area (Å²) in [6, 6.07) is 0. The second-order valence-corrected chi connectivity index (χ2v) is 3.16. The van der Waals surface area contributed by atoms with E-state index in [0.29, 0.717) is 0 Å². The van der Waals surface area contributed by atoms with Crippen LogP contribution in [-0.4, -0.2) is 10.3 Å². The molecule has 0 aliphatic carbocycles. The Bertz CT molecular complexity index is 272. The minimum atomic E-state index is -1.41. The van der Waals surface area contributed by atoms with Gasteiger partial charge in [-0.1, -0.05) is 23.2 Å². The molecule has 0 fully saturated rings. The minimum Gasteiger partial charge on any atom is -0.543 e. The maximum atomic E-state index is 10.1. The molecular formula is C4Cl2NO2S-. The van der Waals surface area contributed by atoms with Crippen LogP contribution < -0.4 is 5.11 Å². The molecule has 0 aromatic carbocycles. The van der Waals surface area contributed by atoms with Gasteiger partial charge in [0, 0.05) is 0 Å². The van der Waals surface area contributed by atoms with E-state index in [0.717, 1.165) is 11.5 Å². The molecule has 1 rings (SSSR count). The van der Waals surface area contributed by atoms with E-state index in [1.54, 1.807) is 0 Å². The molecule has 3 nitrogen and oxygen atoms in total. The largest absolute Gasteiger partial charge is 0.543 e. The number of hydrogen-bond donors (Lipinski definition) is 0. The van der Waals surface area contributed by atoms with Crippen LogP contribution in [0.4, 0.5) is 0 Å². The highest BCUT2D eigenvalue weighted by Gasteiger charge is 2.09. The van der Waals surface area contributed by atoms with Gasteiger partial charge in [-0.25, -0.2) is 0 Å². The average Bonchev–Trinajstić information content (AvgIpc) is 2.14. The summed E-state index contributed by atoms with van der Waals surface area (Å²) in [6.45, 7) is 0.